The first kappa shape index (κ1) is 14.9. The summed E-state index contributed by atoms with van der Waals surface area (Å²) in [6, 6.07) is 3.69. The zero-order chi connectivity index (χ0) is 14.4. The highest BCUT2D eigenvalue weighted by Crippen LogP contribution is 2.18. The lowest BCUT2D eigenvalue weighted by atomic mass is 10.2. The number of guanidine groups is 1. The van der Waals surface area contributed by atoms with E-state index in [1.165, 1.54) is 0 Å². The summed E-state index contributed by atoms with van der Waals surface area (Å²) in [5, 5.41) is 5.86. The lowest BCUT2D eigenvalue weighted by Gasteiger charge is -2.23. The first-order valence-electron chi connectivity index (χ1n) is 6.80. The van der Waals surface area contributed by atoms with E-state index in [-0.39, 0.29) is 5.25 Å². The molecular weight excluding hydrogens is 278 g/mol. The Kier molecular flexibility index (Phi) is 5.05. The molecule has 6 nitrogen and oxygen atoms in total. The third kappa shape index (κ3) is 4.00. The molecule has 0 aromatic carbocycles. The molecule has 1 unspecified atom stereocenters. The standard InChI is InChI=1S/C13H21N3O3S/c1-14-13(15-9-11-5-4-7-19-11)16-10-12-6-2-3-8-20(12,17)18/h4-5,7,12H,2-3,6,8-10H2,1H3,(H2,14,15,16). The quantitative estimate of drug-likeness (QED) is 0.638. The number of nitrogens with one attached hydrogen (secondary N) is 2. The molecule has 7 heteroatoms. The molecule has 1 aliphatic heterocycles. The maximum Gasteiger partial charge on any atom is 0.191 e. The van der Waals surface area contributed by atoms with Crippen molar-refractivity contribution in [2.24, 2.45) is 4.99 Å². The Bertz CT molecular complexity index is 537. The number of aliphatic imine (C=N–C) groups is 1. The number of furan rings is 1. The second-order valence-electron chi connectivity index (χ2n) is 4.87. The Morgan fingerprint density at radius 1 is 1.45 bits per heavy atom. The van der Waals surface area contributed by atoms with Gasteiger partial charge in [-0.3, -0.25) is 4.99 Å². The highest BCUT2D eigenvalue weighted by atomic mass is 32.2. The maximum atomic E-state index is 11.9. The minimum atomic E-state index is -2.95. The summed E-state index contributed by atoms with van der Waals surface area (Å²) >= 11 is 0. The van der Waals surface area contributed by atoms with E-state index in [0.717, 1.165) is 25.0 Å². The SMILES string of the molecule is CN=C(NCc1ccco1)NCC1CCCCS1(=O)=O. The highest BCUT2D eigenvalue weighted by Gasteiger charge is 2.28. The molecule has 0 saturated carbocycles. The molecule has 112 valence electrons. The minimum Gasteiger partial charge on any atom is -0.467 e. The molecule has 0 bridgehead atoms. The van der Waals surface area contributed by atoms with Crippen LogP contribution < -0.4 is 10.6 Å². The van der Waals surface area contributed by atoms with Crippen molar-refractivity contribution in [2.75, 3.05) is 19.3 Å². The van der Waals surface area contributed by atoms with Gasteiger partial charge in [-0.15, -0.1) is 0 Å². The number of hydrogen-bond acceptors (Lipinski definition) is 4. The van der Waals surface area contributed by atoms with Crippen LogP contribution in [0.25, 0.3) is 0 Å². The van der Waals surface area contributed by atoms with Crippen molar-refractivity contribution >= 4 is 15.8 Å². The minimum absolute atomic E-state index is 0.303. The third-order valence-electron chi connectivity index (χ3n) is 3.44. The summed E-state index contributed by atoms with van der Waals surface area (Å²) in [7, 11) is -1.29. The predicted molar refractivity (Wildman–Crippen MR) is 78.3 cm³/mol. The van der Waals surface area contributed by atoms with E-state index >= 15 is 0 Å². The largest absolute Gasteiger partial charge is 0.467 e. The molecule has 0 radical (unpaired) electrons. The molecule has 2 N–H and O–H groups in total. The van der Waals surface area contributed by atoms with Gasteiger partial charge in [-0.05, 0) is 25.0 Å². The number of rotatable bonds is 4. The van der Waals surface area contributed by atoms with Crippen LogP contribution in [0.4, 0.5) is 0 Å². The normalized spacial score (nSPS) is 22.4. The fraction of sp³-hybridized carbons (Fsp3) is 0.615. The van der Waals surface area contributed by atoms with Crippen molar-refractivity contribution in [1.29, 1.82) is 0 Å². The highest BCUT2D eigenvalue weighted by molar-refractivity contribution is 7.92. The molecule has 1 atom stereocenters. The molecule has 20 heavy (non-hydrogen) atoms. The van der Waals surface area contributed by atoms with Crippen LogP contribution in [-0.4, -0.2) is 39.0 Å². The van der Waals surface area contributed by atoms with E-state index in [1.54, 1.807) is 13.3 Å². The number of sulfone groups is 1. The Labute approximate surface area is 119 Å². The van der Waals surface area contributed by atoms with Crippen LogP contribution in [0.1, 0.15) is 25.0 Å². The van der Waals surface area contributed by atoms with Gasteiger partial charge in [0.1, 0.15) is 5.76 Å². The van der Waals surface area contributed by atoms with Gasteiger partial charge in [0.2, 0.25) is 0 Å². The van der Waals surface area contributed by atoms with Gasteiger partial charge in [0.25, 0.3) is 0 Å². The van der Waals surface area contributed by atoms with Crippen molar-refractivity contribution in [1.82, 2.24) is 10.6 Å². The van der Waals surface area contributed by atoms with E-state index in [2.05, 4.69) is 15.6 Å². The number of hydrogen-bond donors (Lipinski definition) is 2. The van der Waals surface area contributed by atoms with Gasteiger partial charge in [-0.25, -0.2) is 8.42 Å². The average Bonchev–Trinajstić information content (AvgIpc) is 2.93. The van der Waals surface area contributed by atoms with Crippen molar-refractivity contribution in [3.8, 4) is 0 Å². The van der Waals surface area contributed by atoms with Gasteiger partial charge in [0.15, 0.2) is 15.8 Å². The molecule has 2 heterocycles. The van der Waals surface area contributed by atoms with Crippen LogP contribution in [-0.2, 0) is 16.4 Å². The Morgan fingerprint density at radius 2 is 2.30 bits per heavy atom. The van der Waals surface area contributed by atoms with Crippen LogP contribution in [0.5, 0.6) is 0 Å². The predicted octanol–water partition coefficient (Wildman–Crippen LogP) is 0.912. The summed E-state index contributed by atoms with van der Waals surface area (Å²) in [4.78, 5) is 4.08. The lowest BCUT2D eigenvalue weighted by molar-refractivity contribution is 0.500. The van der Waals surface area contributed by atoms with Crippen molar-refractivity contribution in [3.63, 3.8) is 0 Å². The van der Waals surface area contributed by atoms with Crippen molar-refractivity contribution in [2.45, 2.75) is 31.1 Å². The zero-order valence-corrected chi connectivity index (χ0v) is 12.4. The summed E-state index contributed by atoms with van der Waals surface area (Å²) in [6.45, 7) is 0.921. The second kappa shape index (κ2) is 6.78. The van der Waals surface area contributed by atoms with E-state index in [4.69, 9.17) is 4.42 Å². The Hall–Kier alpha value is -1.50. The molecule has 0 amide bonds. The summed E-state index contributed by atoms with van der Waals surface area (Å²) in [5.41, 5.74) is 0. The zero-order valence-electron chi connectivity index (χ0n) is 11.6. The molecule has 1 aromatic rings. The average molecular weight is 299 g/mol. The van der Waals surface area contributed by atoms with Gasteiger partial charge in [-0.2, -0.15) is 0 Å². The second-order valence-corrected chi connectivity index (χ2v) is 7.27. The summed E-state index contributed by atoms with van der Waals surface area (Å²) < 4.78 is 29.0. The molecule has 1 saturated heterocycles. The van der Waals surface area contributed by atoms with Crippen molar-refractivity contribution in [3.05, 3.63) is 24.2 Å². The van der Waals surface area contributed by atoms with Crippen LogP contribution in [0.3, 0.4) is 0 Å². The first-order chi connectivity index (χ1) is 9.62. The van der Waals surface area contributed by atoms with E-state index in [9.17, 15) is 8.42 Å². The molecule has 1 fully saturated rings. The summed E-state index contributed by atoms with van der Waals surface area (Å²) in [5.74, 6) is 1.69. The molecule has 2 rings (SSSR count). The van der Waals surface area contributed by atoms with Gasteiger partial charge in [-0.1, -0.05) is 6.42 Å². The van der Waals surface area contributed by atoms with Gasteiger partial charge in [0, 0.05) is 13.6 Å². The summed E-state index contributed by atoms with van der Waals surface area (Å²) in [6.07, 6.45) is 4.10. The van der Waals surface area contributed by atoms with E-state index < -0.39 is 9.84 Å². The van der Waals surface area contributed by atoms with Gasteiger partial charge in [0.05, 0.1) is 23.8 Å². The van der Waals surface area contributed by atoms with Crippen molar-refractivity contribution < 1.29 is 12.8 Å². The Balaban J connectivity index is 1.81. The smallest absolute Gasteiger partial charge is 0.191 e. The monoisotopic (exact) mass is 299 g/mol. The maximum absolute atomic E-state index is 11.9. The fourth-order valence-electron chi connectivity index (χ4n) is 2.27. The molecule has 0 aliphatic carbocycles. The number of nitrogens with zero attached hydrogens (tertiary/aromatic N) is 1. The van der Waals surface area contributed by atoms with Crippen LogP contribution >= 0.6 is 0 Å². The van der Waals surface area contributed by atoms with Crippen LogP contribution in [0.2, 0.25) is 0 Å². The Morgan fingerprint density at radius 3 is 2.95 bits per heavy atom. The van der Waals surface area contributed by atoms with Gasteiger partial charge < -0.3 is 15.1 Å². The van der Waals surface area contributed by atoms with Gasteiger partial charge >= 0.3 is 0 Å². The van der Waals surface area contributed by atoms with Crippen LogP contribution in [0.15, 0.2) is 27.8 Å². The molecule has 1 aliphatic rings. The molecule has 0 spiro atoms. The third-order valence-corrected chi connectivity index (χ3v) is 5.72. The van der Waals surface area contributed by atoms with E-state index in [1.807, 2.05) is 12.1 Å². The van der Waals surface area contributed by atoms with Crippen LogP contribution in [0, 0.1) is 0 Å². The lowest BCUT2D eigenvalue weighted by Crippen LogP contribution is -2.44. The molecular formula is C13H21N3O3S. The molecule has 1 aromatic heterocycles. The fourth-order valence-corrected chi connectivity index (χ4v) is 4.07. The topological polar surface area (TPSA) is 83.7 Å². The first-order valence-corrected chi connectivity index (χ1v) is 8.52. The van der Waals surface area contributed by atoms with E-state index in [0.29, 0.717) is 24.8 Å².